The van der Waals surface area contributed by atoms with Crippen molar-refractivity contribution in [1.29, 1.82) is 0 Å². The number of piperazine rings is 1. The third-order valence-corrected chi connectivity index (χ3v) is 5.64. The number of anilines is 3. The van der Waals surface area contributed by atoms with Gasteiger partial charge in [-0.2, -0.15) is 0 Å². The fourth-order valence-corrected chi connectivity index (χ4v) is 3.89. The molecule has 2 aromatic heterocycles. The van der Waals surface area contributed by atoms with Gasteiger partial charge >= 0.3 is 0 Å². The number of aromatic amines is 1. The zero-order valence-corrected chi connectivity index (χ0v) is 17.0. The molecule has 0 spiro atoms. The highest BCUT2D eigenvalue weighted by molar-refractivity contribution is 5.87. The van der Waals surface area contributed by atoms with E-state index in [2.05, 4.69) is 26.7 Å². The first kappa shape index (κ1) is 19.7. The molecule has 4 rings (SSSR count). The number of carbonyl (C=O) groups excluding carboxylic acids is 1. The summed E-state index contributed by atoms with van der Waals surface area (Å²) >= 11 is 0. The Morgan fingerprint density at radius 2 is 2.17 bits per heavy atom. The van der Waals surface area contributed by atoms with E-state index < -0.39 is 4.92 Å². The summed E-state index contributed by atoms with van der Waals surface area (Å²) in [6.45, 7) is 4.80. The number of aromatic nitrogens is 2. The lowest BCUT2D eigenvalue weighted by Gasteiger charge is -2.41. The fourth-order valence-electron chi connectivity index (χ4n) is 3.89. The summed E-state index contributed by atoms with van der Waals surface area (Å²) in [5.41, 5.74) is 1.89. The number of fused-ring (bicyclic) bond motifs is 1. The maximum Gasteiger partial charge on any atom is 0.270 e. The second-order valence-electron chi connectivity index (χ2n) is 7.39. The third-order valence-electron chi connectivity index (χ3n) is 5.64. The summed E-state index contributed by atoms with van der Waals surface area (Å²) in [6.07, 6.45) is 2.72. The van der Waals surface area contributed by atoms with Crippen LogP contribution in [0.3, 0.4) is 0 Å². The largest absolute Gasteiger partial charge is 0.372 e. The molecule has 1 aliphatic rings. The quantitative estimate of drug-likeness (QED) is 0.380. The Balaban J connectivity index is 1.60. The standard InChI is InChI=1S/C21H24N6O3/c1-3-24(2)19-5-4-8-22-21(19)25-9-10-26(17(13-25)14-28)20-12-15-11-16(27(29)30)6-7-18(15)23-20/h4-8,11-12,14,17,23H,3,9-10,13H2,1-2H3. The summed E-state index contributed by atoms with van der Waals surface area (Å²) in [5.74, 6) is 1.66. The van der Waals surface area contributed by atoms with Gasteiger partial charge in [0.15, 0.2) is 5.82 Å². The number of nitro benzene ring substituents is 1. The van der Waals surface area contributed by atoms with E-state index in [1.807, 2.05) is 30.1 Å². The number of nitrogens with zero attached hydrogens (tertiary/aromatic N) is 5. The lowest BCUT2D eigenvalue weighted by atomic mass is 10.1. The van der Waals surface area contributed by atoms with Crippen molar-refractivity contribution in [3.8, 4) is 0 Å². The molecule has 9 heteroatoms. The van der Waals surface area contributed by atoms with Gasteiger partial charge in [0.05, 0.1) is 10.6 Å². The van der Waals surface area contributed by atoms with Crippen LogP contribution in [0.25, 0.3) is 10.9 Å². The highest BCUT2D eigenvalue weighted by Crippen LogP contribution is 2.31. The van der Waals surface area contributed by atoms with Crippen LogP contribution >= 0.6 is 0 Å². The summed E-state index contributed by atoms with van der Waals surface area (Å²) in [7, 11) is 2.03. The second kappa shape index (κ2) is 8.02. The van der Waals surface area contributed by atoms with Gasteiger partial charge in [-0.05, 0) is 31.2 Å². The van der Waals surface area contributed by atoms with E-state index in [9.17, 15) is 14.9 Å². The molecule has 1 N–H and O–H groups in total. The van der Waals surface area contributed by atoms with Crippen molar-refractivity contribution in [3.05, 3.63) is 52.7 Å². The molecule has 30 heavy (non-hydrogen) atoms. The van der Waals surface area contributed by atoms with Gasteiger partial charge < -0.3 is 24.5 Å². The summed E-state index contributed by atoms with van der Waals surface area (Å²) in [5, 5.41) is 11.8. The maximum absolute atomic E-state index is 12.0. The molecule has 1 fully saturated rings. The molecule has 1 aliphatic heterocycles. The van der Waals surface area contributed by atoms with Crippen molar-refractivity contribution in [2.75, 3.05) is 47.9 Å². The molecule has 156 valence electrons. The Bertz CT molecular complexity index is 1080. The van der Waals surface area contributed by atoms with Gasteiger partial charge in [0.2, 0.25) is 0 Å². The van der Waals surface area contributed by atoms with Crippen LogP contribution in [0.1, 0.15) is 6.92 Å². The Kier molecular flexibility index (Phi) is 5.26. The second-order valence-corrected chi connectivity index (χ2v) is 7.39. The number of hydrogen-bond donors (Lipinski definition) is 1. The monoisotopic (exact) mass is 408 g/mol. The van der Waals surface area contributed by atoms with E-state index in [1.54, 1.807) is 18.3 Å². The molecule has 0 aliphatic carbocycles. The smallest absolute Gasteiger partial charge is 0.270 e. The normalized spacial score (nSPS) is 16.7. The number of pyridine rings is 1. The molecule has 0 radical (unpaired) electrons. The summed E-state index contributed by atoms with van der Waals surface area (Å²) < 4.78 is 0. The molecule has 1 unspecified atom stereocenters. The van der Waals surface area contributed by atoms with Gasteiger partial charge in [0.1, 0.15) is 18.1 Å². The van der Waals surface area contributed by atoms with Crippen LogP contribution in [0.5, 0.6) is 0 Å². The van der Waals surface area contributed by atoms with E-state index in [1.165, 1.54) is 6.07 Å². The number of hydrogen-bond acceptors (Lipinski definition) is 7. The molecular formula is C21H24N6O3. The van der Waals surface area contributed by atoms with Gasteiger partial charge in [-0.3, -0.25) is 10.1 Å². The van der Waals surface area contributed by atoms with Gasteiger partial charge in [0.25, 0.3) is 5.69 Å². The van der Waals surface area contributed by atoms with Crippen LogP contribution in [0, 0.1) is 10.1 Å². The molecule has 0 amide bonds. The Morgan fingerprint density at radius 1 is 1.33 bits per heavy atom. The van der Waals surface area contributed by atoms with Crippen LogP contribution in [0.2, 0.25) is 0 Å². The van der Waals surface area contributed by atoms with Crippen molar-refractivity contribution in [2.45, 2.75) is 13.0 Å². The lowest BCUT2D eigenvalue weighted by molar-refractivity contribution is -0.384. The SMILES string of the molecule is CCN(C)c1cccnc1N1CCN(c2cc3cc([N+](=O)[O-])ccc3[nH]2)C(C=O)C1. The topological polar surface area (TPSA) is 98.6 Å². The first-order chi connectivity index (χ1) is 14.5. The fraction of sp³-hybridized carbons (Fsp3) is 0.333. The van der Waals surface area contributed by atoms with E-state index in [0.29, 0.717) is 19.6 Å². The molecular weight excluding hydrogens is 384 g/mol. The number of nitrogens with one attached hydrogen (secondary N) is 1. The van der Waals surface area contributed by atoms with Crippen molar-refractivity contribution in [3.63, 3.8) is 0 Å². The van der Waals surface area contributed by atoms with E-state index in [4.69, 9.17) is 0 Å². The number of non-ortho nitro benzene ring substituents is 1. The van der Waals surface area contributed by atoms with Crippen molar-refractivity contribution < 1.29 is 9.72 Å². The Morgan fingerprint density at radius 3 is 2.90 bits per heavy atom. The Hall–Kier alpha value is -3.62. The minimum Gasteiger partial charge on any atom is -0.372 e. The van der Waals surface area contributed by atoms with Gasteiger partial charge in [0, 0.05) is 62.5 Å². The molecule has 1 aromatic carbocycles. The van der Waals surface area contributed by atoms with Crippen molar-refractivity contribution in [2.24, 2.45) is 0 Å². The highest BCUT2D eigenvalue weighted by Gasteiger charge is 2.30. The predicted molar refractivity (Wildman–Crippen MR) is 118 cm³/mol. The predicted octanol–water partition coefficient (Wildman–Crippen LogP) is 2.82. The number of H-pyrrole nitrogens is 1. The average Bonchev–Trinajstić information content (AvgIpc) is 3.21. The van der Waals surface area contributed by atoms with Gasteiger partial charge in [-0.1, -0.05) is 0 Å². The van der Waals surface area contributed by atoms with E-state index in [-0.39, 0.29) is 11.7 Å². The zero-order valence-electron chi connectivity index (χ0n) is 17.0. The minimum atomic E-state index is -0.406. The molecule has 0 bridgehead atoms. The molecule has 1 saturated heterocycles. The minimum absolute atomic E-state index is 0.0486. The van der Waals surface area contributed by atoms with Crippen LogP contribution in [0.15, 0.2) is 42.6 Å². The molecule has 3 heterocycles. The molecule has 3 aromatic rings. The van der Waals surface area contributed by atoms with Crippen LogP contribution < -0.4 is 14.7 Å². The highest BCUT2D eigenvalue weighted by atomic mass is 16.6. The van der Waals surface area contributed by atoms with Crippen LogP contribution in [-0.4, -0.2) is 60.4 Å². The molecule has 1 atom stereocenters. The number of rotatable bonds is 6. The number of aldehydes is 1. The molecule has 0 saturated carbocycles. The maximum atomic E-state index is 12.0. The lowest BCUT2D eigenvalue weighted by Crippen LogP contribution is -2.54. The van der Waals surface area contributed by atoms with E-state index >= 15 is 0 Å². The first-order valence-corrected chi connectivity index (χ1v) is 9.92. The van der Waals surface area contributed by atoms with Crippen LogP contribution in [0.4, 0.5) is 23.0 Å². The third kappa shape index (κ3) is 3.54. The number of nitro groups is 1. The summed E-state index contributed by atoms with van der Waals surface area (Å²) in [6, 6.07) is 10.2. The average molecular weight is 408 g/mol. The summed E-state index contributed by atoms with van der Waals surface area (Å²) in [4.78, 5) is 36.8. The van der Waals surface area contributed by atoms with Crippen molar-refractivity contribution in [1.82, 2.24) is 9.97 Å². The van der Waals surface area contributed by atoms with E-state index in [0.717, 1.165) is 41.1 Å². The van der Waals surface area contributed by atoms with Crippen molar-refractivity contribution >= 4 is 40.2 Å². The Labute approximate surface area is 174 Å². The number of carbonyl (C=O) groups is 1. The van der Waals surface area contributed by atoms with Gasteiger partial charge in [-0.15, -0.1) is 0 Å². The van der Waals surface area contributed by atoms with Crippen LogP contribution in [-0.2, 0) is 4.79 Å². The molecule has 9 nitrogen and oxygen atoms in total. The zero-order chi connectivity index (χ0) is 21.3. The first-order valence-electron chi connectivity index (χ1n) is 9.92. The van der Waals surface area contributed by atoms with Gasteiger partial charge in [-0.25, -0.2) is 4.98 Å². The number of benzene rings is 1.